The minimum absolute atomic E-state index is 0.0316. The summed E-state index contributed by atoms with van der Waals surface area (Å²) in [6.07, 6.45) is 5.90. The first-order chi connectivity index (χ1) is 29.1. The number of oxazole rings is 2. The summed E-state index contributed by atoms with van der Waals surface area (Å²) in [5.41, 5.74) is -0.0962. The average molecular weight is 941 g/mol. The van der Waals surface area contributed by atoms with Gasteiger partial charge in [0.25, 0.3) is 0 Å². The number of alkyl carbamates (subject to hydrolysis) is 2. The smallest absolute Gasteiger partial charge is 0.408 e. The molecule has 3 atom stereocenters. The number of amides is 2. The lowest BCUT2D eigenvalue weighted by molar-refractivity contribution is -0.156. The van der Waals surface area contributed by atoms with Crippen LogP contribution in [0.1, 0.15) is 73.1 Å². The van der Waals surface area contributed by atoms with Crippen LogP contribution in [0.5, 0.6) is 0 Å². The molecule has 0 fully saturated rings. The molecule has 0 spiro atoms. The van der Waals surface area contributed by atoms with Crippen molar-refractivity contribution in [2.75, 3.05) is 13.2 Å². The third-order valence-electron chi connectivity index (χ3n) is 7.42. The number of carbonyl (C=O) groups is 5. The Hall–Kier alpha value is -5.35. The van der Waals surface area contributed by atoms with E-state index >= 15 is 0 Å². The van der Waals surface area contributed by atoms with Gasteiger partial charge in [0.1, 0.15) is 30.7 Å². The van der Waals surface area contributed by atoms with Gasteiger partial charge < -0.3 is 43.2 Å². The Balaban J connectivity index is 0.000000358. The molecule has 62 heavy (non-hydrogen) atoms. The fourth-order valence-electron chi connectivity index (χ4n) is 4.86. The molecule has 2 aromatic heterocycles. The quantitative estimate of drug-likeness (QED) is 0.0494. The maximum absolute atomic E-state index is 12.4. The third kappa shape index (κ3) is 19.1. The van der Waals surface area contributed by atoms with E-state index in [2.05, 4.69) is 38.5 Å². The second-order valence-electron chi connectivity index (χ2n) is 14.9. The number of ether oxygens (including phenoxy) is 4. The Labute approximate surface area is 380 Å². The largest absolute Gasteiger partial charge is 0.460 e. The maximum Gasteiger partial charge on any atom is 0.408 e. The number of hydrogen-bond donors (Lipinski definition) is 2. The summed E-state index contributed by atoms with van der Waals surface area (Å²) in [4.78, 5) is 65.9. The van der Waals surface area contributed by atoms with Crippen LogP contribution < -0.4 is 10.6 Å². The highest BCUT2D eigenvalue weighted by Gasteiger charge is 2.30. The van der Waals surface area contributed by atoms with E-state index in [1.807, 2.05) is 0 Å². The van der Waals surface area contributed by atoms with Crippen LogP contribution in [0.4, 0.5) is 9.59 Å². The van der Waals surface area contributed by atoms with Gasteiger partial charge in [0.15, 0.2) is 23.8 Å². The zero-order valence-corrected chi connectivity index (χ0v) is 38.3. The van der Waals surface area contributed by atoms with Crippen LogP contribution in [0.3, 0.4) is 0 Å². The summed E-state index contributed by atoms with van der Waals surface area (Å²) >= 11 is 24.4. The summed E-state index contributed by atoms with van der Waals surface area (Å²) in [7, 11) is 0. The maximum atomic E-state index is 12.4. The van der Waals surface area contributed by atoms with Crippen LogP contribution in [0.25, 0.3) is 22.6 Å². The molecule has 19 heteroatoms. The van der Waals surface area contributed by atoms with Gasteiger partial charge in [0.05, 0.1) is 74.5 Å². The molecule has 2 heterocycles. The topological polar surface area (TPSA) is 198 Å². The molecule has 0 aliphatic carbocycles. The van der Waals surface area contributed by atoms with Gasteiger partial charge in [0, 0.05) is 0 Å². The molecule has 4 rings (SSSR count). The van der Waals surface area contributed by atoms with Gasteiger partial charge in [0.2, 0.25) is 0 Å². The number of aldehydes is 1. The predicted octanol–water partition coefficient (Wildman–Crippen LogP) is 10.6. The highest BCUT2D eigenvalue weighted by molar-refractivity contribution is 6.39. The van der Waals surface area contributed by atoms with Crippen LogP contribution in [0.15, 0.2) is 89.3 Å². The molecule has 2 aromatic carbocycles. The van der Waals surface area contributed by atoms with Crippen molar-refractivity contribution in [1.29, 1.82) is 0 Å². The summed E-state index contributed by atoms with van der Waals surface area (Å²) in [6, 6.07) is 8.75. The first kappa shape index (κ1) is 52.8. The third-order valence-corrected chi connectivity index (χ3v) is 8.68. The Bertz CT molecular complexity index is 2070. The van der Waals surface area contributed by atoms with Crippen LogP contribution >= 0.6 is 46.4 Å². The minimum atomic E-state index is -0.961. The van der Waals surface area contributed by atoms with Crippen molar-refractivity contribution in [3.63, 3.8) is 0 Å². The van der Waals surface area contributed by atoms with E-state index in [0.29, 0.717) is 54.9 Å². The molecule has 0 saturated heterocycles. The Morgan fingerprint density at radius 2 is 1.21 bits per heavy atom. The van der Waals surface area contributed by atoms with Gasteiger partial charge in [-0.05, 0) is 65.8 Å². The second kappa shape index (κ2) is 25.6. The van der Waals surface area contributed by atoms with Gasteiger partial charge in [-0.15, -0.1) is 0 Å². The molecule has 0 aliphatic rings. The standard InChI is InChI=1S/C22H26Cl2N2O5.C12H19NO5.C9H5Cl2NO/c1-6-10-29-21(28)26-16(11-18(27)31-22(3,4)5)13(2)20-25-12-17(30-20)19-14(23)8-7-9-15(19)24;1-5-6-17-11(16)13-9(8-14)7-10(15)18-12(2,3)4;10-6-2-1-3-7(11)9(6)8-4-12-5-13-8/h6-9,12-13,16H,1,10-11H2,2-5H3,(H,26,28);5,8-9H,1,6-7H2,2-4H3,(H,13,16);1-5H/t13?,16-;9-;/m00./s1. The van der Waals surface area contributed by atoms with Gasteiger partial charge in [-0.25, -0.2) is 19.6 Å². The van der Waals surface area contributed by atoms with Crippen molar-refractivity contribution in [3.8, 4) is 22.6 Å². The fraction of sp³-hybridized carbons (Fsp3) is 0.372. The summed E-state index contributed by atoms with van der Waals surface area (Å²) in [5, 5.41) is 6.87. The first-order valence-corrected chi connectivity index (χ1v) is 20.3. The Morgan fingerprint density at radius 3 is 1.65 bits per heavy atom. The van der Waals surface area contributed by atoms with Gasteiger partial charge >= 0.3 is 24.1 Å². The van der Waals surface area contributed by atoms with Gasteiger partial charge in [-0.3, -0.25) is 9.59 Å². The van der Waals surface area contributed by atoms with Gasteiger partial charge in [-0.1, -0.05) is 90.8 Å². The summed E-state index contributed by atoms with van der Waals surface area (Å²) in [6.45, 7) is 19.2. The number of nitrogens with zero attached hydrogens (tertiary/aromatic N) is 2. The monoisotopic (exact) mass is 938 g/mol. The van der Waals surface area contributed by atoms with Crippen molar-refractivity contribution in [3.05, 3.63) is 106 Å². The molecule has 4 aromatic rings. The second-order valence-corrected chi connectivity index (χ2v) is 16.5. The molecular weight excluding hydrogens is 890 g/mol. The number of halogens is 4. The van der Waals surface area contributed by atoms with E-state index in [4.69, 9.17) is 69.4 Å². The van der Waals surface area contributed by atoms with E-state index in [1.54, 1.807) is 91.1 Å². The number of benzene rings is 2. The van der Waals surface area contributed by atoms with Crippen LogP contribution in [0, 0.1) is 0 Å². The summed E-state index contributed by atoms with van der Waals surface area (Å²) in [5.74, 6) is -0.279. The van der Waals surface area contributed by atoms with Crippen molar-refractivity contribution in [1.82, 2.24) is 20.6 Å². The van der Waals surface area contributed by atoms with Crippen LogP contribution in [0.2, 0.25) is 20.1 Å². The molecule has 2 amide bonds. The number of rotatable bonds is 15. The lowest BCUT2D eigenvalue weighted by Crippen LogP contribution is -2.41. The van der Waals surface area contributed by atoms with Crippen molar-refractivity contribution in [2.24, 2.45) is 0 Å². The fourth-order valence-corrected chi connectivity index (χ4v) is 6.03. The van der Waals surface area contributed by atoms with Crippen LogP contribution in [-0.2, 0) is 33.3 Å². The Kier molecular flexibility index (Phi) is 21.8. The van der Waals surface area contributed by atoms with Crippen molar-refractivity contribution in [2.45, 2.75) is 90.5 Å². The molecule has 336 valence electrons. The first-order valence-electron chi connectivity index (χ1n) is 18.8. The molecule has 1 unspecified atom stereocenters. The molecule has 0 aliphatic heterocycles. The van der Waals surface area contributed by atoms with Crippen molar-refractivity contribution < 1.29 is 51.8 Å². The zero-order valence-electron chi connectivity index (χ0n) is 35.3. The number of hydrogen-bond acceptors (Lipinski definition) is 13. The van der Waals surface area contributed by atoms with E-state index in [1.165, 1.54) is 24.7 Å². The van der Waals surface area contributed by atoms with E-state index < -0.39 is 53.3 Å². The number of esters is 2. The van der Waals surface area contributed by atoms with E-state index in [-0.39, 0.29) is 26.1 Å². The molecule has 0 radical (unpaired) electrons. The number of nitrogens with one attached hydrogen (secondary N) is 2. The number of carbonyl (C=O) groups excluding carboxylic acids is 5. The van der Waals surface area contributed by atoms with Crippen molar-refractivity contribution >= 4 is 76.8 Å². The molecule has 0 bridgehead atoms. The zero-order chi connectivity index (χ0) is 46.6. The summed E-state index contributed by atoms with van der Waals surface area (Å²) < 4.78 is 31.0. The van der Waals surface area contributed by atoms with E-state index in [9.17, 15) is 24.0 Å². The molecule has 0 saturated carbocycles. The molecular formula is C43H50Cl4N4O11. The SMILES string of the molecule is C=CCOC(=O)N[C@@H](CC(=O)OC(C)(C)C)C(C)c1ncc(-c2c(Cl)cccc2Cl)o1.C=CCOC(=O)N[C@H](C=O)CC(=O)OC(C)(C)C.Clc1cccc(Cl)c1-c1cnco1. The molecule has 2 N–H and O–H groups in total. The lowest BCUT2D eigenvalue weighted by Gasteiger charge is -2.25. The number of aromatic nitrogens is 2. The Morgan fingerprint density at radius 1 is 0.742 bits per heavy atom. The highest BCUT2D eigenvalue weighted by Crippen LogP contribution is 2.37. The molecule has 15 nitrogen and oxygen atoms in total. The van der Waals surface area contributed by atoms with Gasteiger partial charge in [-0.2, -0.15) is 0 Å². The average Bonchev–Trinajstić information content (AvgIpc) is 3.88. The minimum Gasteiger partial charge on any atom is -0.460 e. The predicted molar refractivity (Wildman–Crippen MR) is 236 cm³/mol. The normalized spacial score (nSPS) is 12.3. The van der Waals surface area contributed by atoms with Crippen LogP contribution in [-0.4, -0.2) is 76.9 Å². The lowest BCUT2D eigenvalue weighted by atomic mass is 9.98. The highest BCUT2D eigenvalue weighted by atomic mass is 35.5. The van der Waals surface area contributed by atoms with E-state index in [0.717, 1.165) is 0 Å².